The Bertz CT molecular complexity index is 737. The second-order valence-electron chi connectivity index (χ2n) is 7.89. The lowest BCUT2D eigenvalue weighted by Gasteiger charge is -2.38. The Balaban J connectivity index is 1.79. The Labute approximate surface area is 148 Å². The molecule has 2 atom stereocenters. The summed E-state index contributed by atoms with van der Waals surface area (Å²) in [7, 11) is 0. The number of ether oxygens (including phenoxy) is 1. The van der Waals surface area contributed by atoms with Gasteiger partial charge in [-0.05, 0) is 49.4 Å². The van der Waals surface area contributed by atoms with Crippen molar-refractivity contribution >= 4 is 23.3 Å². The maximum absolute atomic E-state index is 13.1. The summed E-state index contributed by atoms with van der Waals surface area (Å²) in [5, 5.41) is 2.95. The Morgan fingerprint density at radius 1 is 1.12 bits per heavy atom. The number of rotatable bonds is 4. The third kappa shape index (κ3) is 2.32. The van der Waals surface area contributed by atoms with Crippen molar-refractivity contribution in [1.29, 1.82) is 0 Å². The molecule has 0 unspecified atom stereocenters. The lowest BCUT2D eigenvalue weighted by molar-refractivity contribution is -0.131. The van der Waals surface area contributed by atoms with Gasteiger partial charge in [-0.1, -0.05) is 20.8 Å². The number of carbonyl (C=O) groups is 3. The molecule has 2 aliphatic rings. The van der Waals surface area contributed by atoms with Crippen LogP contribution in [0.3, 0.4) is 0 Å². The van der Waals surface area contributed by atoms with Gasteiger partial charge in [-0.2, -0.15) is 0 Å². The van der Waals surface area contributed by atoms with Crippen LogP contribution in [-0.2, 0) is 14.3 Å². The van der Waals surface area contributed by atoms with Crippen LogP contribution in [0.25, 0.3) is 0 Å². The molecule has 2 saturated carbocycles. The average Bonchev–Trinajstić information content (AvgIpc) is 2.86. The van der Waals surface area contributed by atoms with Crippen molar-refractivity contribution in [3.8, 4) is 0 Å². The number of amides is 1. The van der Waals surface area contributed by atoms with Gasteiger partial charge in [-0.3, -0.25) is 9.59 Å². The molecule has 2 bridgehead atoms. The molecule has 134 valence electrons. The Hall–Kier alpha value is -2.17. The van der Waals surface area contributed by atoms with Crippen molar-refractivity contribution in [2.24, 2.45) is 16.2 Å². The summed E-state index contributed by atoms with van der Waals surface area (Å²) < 4.78 is 4.96. The number of nitrogens with one attached hydrogen (secondary N) is 1. The molecular weight excluding hydrogens is 318 g/mol. The predicted molar refractivity (Wildman–Crippen MR) is 94.2 cm³/mol. The highest BCUT2D eigenvalue weighted by molar-refractivity contribution is 6.04. The minimum absolute atomic E-state index is 0.101. The predicted octanol–water partition coefficient (Wildman–Crippen LogP) is 3.59. The van der Waals surface area contributed by atoms with Crippen LogP contribution in [0.4, 0.5) is 5.69 Å². The molecule has 25 heavy (non-hydrogen) atoms. The van der Waals surface area contributed by atoms with Crippen LogP contribution in [-0.4, -0.2) is 24.3 Å². The summed E-state index contributed by atoms with van der Waals surface area (Å²) in [5.74, 6) is -0.291. The second kappa shape index (κ2) is 5.68. The first-order valence-electron chi connectivity index (χ1n) is 8.80. The van der Waals surface area contributed by atoms with Crippen LogP contribution in [0.1, 0.15) is 57.3 Å². The normalized spacial score (nSPS) is 29.5. The van der Waals surface area contributed by atoms with E-state index < -0.39 is 10.8 Å². The standard InChI is InChI=1S/C20H25NO4/c1-5-25-16(23)13-6-8-14(9-7-13)21-17(24)20-11-10-19(4,15(22)12-20)18(20,2)3/h6-9H,5,10-12H2,1-4H3,(H,21,24)/t19-,20-/m1/s1. The van der Waals surface area contributed by atoms with Crippen LogP contribution in [0.15, 0.2) is 24.3 Å². The minimum Gasteiger partial charge on any atom is -0.462 e. The van der Waals surface area contributed by atoms with Gasteiger partial charge in [0.1, 0.15) is 5.78 Å². The van der Waals surface area contributed by atoms with Crippen LogP contribution in [0, 0.1) is 16.2 Å². The molecule has 1 amide bonds. The fourth-order valence-corrected chi connectivity index (χ4v) is 4.52. The third-order valence-electron chi connectivity index (χ3n) is 6.79. The summed E-state index contributed by atoms with van der Waals surface area (Å²) >= 11 is 0. The number of Topliss-reactive ketones (excluding diaryl/α,β-unsaturated/α-hetero) is 1. The molecule has 2 fully saturated rings. The molecule has 1 N–H and O–H groups in total. The van der Waals surface area contributed by atoms with Crippen molar-refractivity contribution in [1.82, 2.24) is 0 Å². The maximum Gasteiger partial charge on any atom is 0.338 e. The van der Waals surface area contributed by atoms with E-state index in [-0.39, 0.29) is 23.1 Å². The molecule has 0 spiro atoms. The SMILES string of the molecule is CCOC(=O)c1ccc(NC(=O)[C@@]23CC[C@](C)(C(=O)C2)C3(C)C)cc1. The number of esters is 1. The van der Waals surface area contributed by atoms with Gasteiger partial charge in [-0.25, -0.2) is 4.79 Å². The Kier molecular flexibility index (Phi) is 4.01. The molecule has 1 aromatic carbocycles. The van der Waals surface area contributed by atoms with Gasteiger partial charge in [0.25, 0.3) is 0 Å². The van der Waals surface area contributed by atoms with Crippen molar-refractivity contribution in [3.05, 3.63) is 29.8 Å². The first-order chi connectivity index (χ1) is 11.7. The van der Waals surface area contributed by atoms with E-state index in [4.69, 9.17) is 4.74 Å². The molecule has 3 rings (SSSR count). The van der Waals surface area contributed by atoms with Gasteiger partial charge >= 0.3 is 5.97 Å². The zero-order chi connectivity index (χ0) is 18.5. The smallest absolute Gasteiger partial charge is 0.338 e. The lowest BCUT2D eigenvalue weighted by Crippen LogP contribution is -2.43. The van der Waals surface area contributed by atoms with Gasteiger partial charge in [0.05, 0.1) is 17.6 Å². The number of hydrogen-bond donors (Lipinski definition) is 1. The number of fused-ring (bicyclic) bond motifs is 2. The number of ketones is 1. The number of anilines is 1. The van der Waals surface area contributed by atoms with Gasteiger partial charge in [0, 0.05) is 17.5 Å². The van der Waals surface area contributed by atoms with E-state index in [2.05, 4.69) is 5.32 Å². The van der Waals surface area contributed by atoms with E-state index in [1.165, 1.54) is 0 Å². The van der Waals surface area contributed by atoms with Gasteiger partial charge in [0.2, 0.25) is 5.91 Å². The van der Waals surface area contributed by atoms with E-state index in [1.54, 1.807) is 31.2 Å². The van der Waals surface area contributed by atoms with Crippen LogP contribution >= 0.6 is 0 Å². The fourth-order valence-electron chi connectivity index (χ4n) is 4.52. The lowest BCUT2D eigenvalue weighted by atomic mass is 9.64. The molecule has 5 heteroatoms. The maximum atomic E-state index is 13.1. The fraction of sp³-hybridized carbons (Fsp3) is 0.550. The first-order valence-corrected chi connectivity index (χ1v) is 8.80. The van der Waals surface area contributed by atoms with E-state index >= 15 is 0 Å². The molecule has 0 aliphatic heterocycles. The molecule has 0 saturated heterocycles. The quantitative estimate of drug-likeness (QED) is 0.848. The van der Waals surface area contributed by atoms with Crippen molar-refractivity contribution in [3.63, 3.8) is 0 Å². The summed E-state index contributed by atoms with van der Waals surface area (Å²) in [5.41, 5.74) is -0.373. The monoisotopic (exact) mass is 343 g/mol. The third-order valence-corrected chi connectivity index (χ3v) is 6.79. The number of hydrogen-bond acceptors (Lipinski definition) is 4. The van der Waals surface area contributed by atoms with E-state index in [0.29, 0.717) is 24.3 Å². The summed E-state index contributed by atoms with van der Waals surface area (Å²) in [4.78, 5) is 37.2. The minimum atomic E-state index is -0.654. The summed E-state index contributed by atoms with van der Waals surface area (Å²) in [6.45, 7) is 8.14. The molecule has 1 aromatic rings. The van der Waals surface area contributed by atoms with Crippen molar-refractivity contribution in [2.75, 3.05) is 11.9 Å². The van der Waals surface area contributed by atoms with Gasteiger partial charge < -0.3 is 10.1 Å². The zero-order valence-electron chi connectivity index (χ0n) is 15.3. The molecule has 2 aliphatic carbocycles. The molecule has 0 heterocycles. The number of carbonyl (C=O) groups excluding carboxylic acids is 3. The van der Waals surface area contributed by atoms with Gasteiger partial charge in [0.15, 0.2) is 0 Å². The summed E-state index contributed by atoms with van der Waals surface area (Å²) in [6.07, 6.45) is 1.80. The van der Waals surface area contributed by atoms with E-state index in [0.717, 1.165) is 12.8 Å². The molecular formula is C20H25NO4. The second-order valence-corrected chi connectivity index (χ2v) is 7.89. The summed E-state index contributed by atoms with van der Waals surface area (Å²) in [6, 6.07) is 6.65. The average molecular weight is 343 g/mol. The molecule has 0 radical (unpaired) electrons. The largest absolute Gasteiger partial charge is 0.462 e. The van der Waals surface area contributed by atoms with Crippen LogP contribution in [0.5, 0.6) is 0 Å². The van der Waals surface area contributed by atoms with Crippen molar-refractivity contribution in [2.45, 2.75) is 47.0 Å². The topological polar surface area (TPSA) is 72.5 Å². The van der Waals surface area contributed by atoms with Crippen molar-refractivity contribution < 1.29 is 19.1 Å². The Morgan fingerprint density at radius 3 is 2.24 bits per heavy atom. The highest BCUT2D eigenvalue weighted by Gasteiger charge is 2.72. The van der Waals surface area contributed by atoms with E-state index in [1.807, 2.05) is 20.8 Å². The van der Waals surface area contributed by atoms with E-state index in [9.17, 15) is 14.4 Å². The van der Waals surface area contributed by atoms with Crippen LogP contribution in [0.2, 0.25) is 0 Å². The Morgan fingerprint density at radius 2 is 1.76 bits per heavy atom. The molecule has 5 nitrogen and oxygen atoms in total. The highest BCUT2D eigenvalue weighted by Crippen LogP contribution is 2.70. The number of benzene rings is 1. The highest BCUT2D eigenvalue weighted by atomic mass is 16.5. The first kappa shape index (κ1) is 17.6. The molecule has 0 aromatic heterocycles. The van der Waals surface area contributed by atoms with Gasteiger partial charge in [-0.15, -0.1) is 0 Å². The van der Waals surface area contributed by atoms with Crippen LogP contribution < -0.4 is 5.32 Å². The zero-order valence-corrected chi connectivity index (χ0v) is 15.3.